The van der Waals surface area contributed by atoms with Crippen LogP contribution in [0.15, 0.2) is 42.5 Å². The molecule has 0 amide bonds. The lowest BCUT2D eigenvalue weighted by atomic mass is 10.2. The largest absolute Gasteiger partial charge is 0.496 e. The molecular formula is C15H13FO3. The molecule has 2 aromatic rings. The fourth-order valence-electron chi connectivity index (χ4n) is 1.63. The zero-order valence-corrected chi connectivity index (χ0v) is 10.4. The van der Waals surface area contributed by atoms with E-state index in [0.717, 1.165) is 11.8 Å². The Hall–Kier alpha value is -2.36. The number of hydrogen-bond donors (Lipinski definition) is 0. The fraction of sp³-hybridized carbons (Fsp3) is 0.133. The van der Waals surface area contributed by atoms with Gasteiger partial charge in [0.2, 0.25) is 0 Å². The number of hydrogen-bond acceptors (Lipinski definition) is 3. The number of methoxy groups -OCH3 is 1. The first-order chi connectivity index (χ1) is 9.22. The van der Waals surface area contributed by atoms with E-state index in [1.807, 2.05) is 0 Å². The fourth-order valence-corrected chi connectivity index (χ4v) is 1.63. The van der Waals surface area contributed by atoms with Gasteiger partial charge in [0.25, 0.3) is 0 Å². The van der Waals surface area contributed by atoms with Gasteiger partial charge in [0.05, 0.1) is 12.7 Å². The van der Waals surface area contributed by atoms with E-state index in [9.17, 15) is 9.18 Å². The maximum absolute atomic E-state index is 12.7. The van der Waals surface area contributed by atoms with Crippen molar-refractivity contribution in [2.75, 3.05) is 7.11 Å². The second kappa shape index (κ2) is 6.00. The van der Waals surface area contributed by atoms with Crippen LogP contribution in [0.2, 0.25) is 0 Å². The Kier molecular flexibility index (Phi) is 4.13. The first kappa shape index (κ1) is 13.1. The maximum atomic E-state index is 12.7. The molecule has 0 fully saturated rings. The summed E-state index contributed by atoms with van der Waals surface area (Å²) in [6.45, 7) is 0.323. The molecule has 4 heteroatoms. The summed E-state index contributed by atoms with van der Waals surface area (Å²) < 4.78 is 23.4. The molecule has 0 saturated heterocycles. The van der Waals surface area contributed by atoms with E-state index in [-0.39, 0.29) is 5.82 Å². The molecule has 98 valence electrons. The molecule has 0 spiro atoms. The van der Waals surface area contributed by atoms with Crippen molar-refractivity contribution in [2.24, 2.45) is 0 Å². The minimum atomic E-state index is -0.277. The van der Waals surface area contributed by atoms with Gasteiger partial charge >= 0.3 is 0 Å². The van der Waals surface area contributed by atoms with Crippen LogP contribution in [0.3, 0.4) is 0 Å². The molecule has 0 aromatic heterocycles. The number of rotatable bonds is 5. The highest BCUT2D eigenvalue weighted by Crippen LogP contribution is 2.24. The molecule has 0 aliphatic rings. The maximum Gasteiger partial charge on any atom is 0.153 e. The van der Waals surface area contributed by atoms with Gasteiger partial charge in [-0.05, 0) is 29.8 Å². The van der Waals surface area contributed by atoms with Crippen molar-refractivity contribution >= 4 is 6.29 Å². The quantitative estimate of drug-likeness (QED) is 0.774. The average molecular weight is 260 g/mol. The van der Waals surface area contributed by atoms with Gasteiger partial charge in [0.15, 0.2) is 6.29 Å². The molecule has 0 bridgehead atoms. The lowest BCUT2D eigenvalue weighted by Crippen LogP contribution is -1.97. The standard InChI is InChI=1S/C15H13FO3/c1-18-15-8-14(7-4-12(15)9-17)19-10-11-2-5-13(16)6-3-11/h2-9H,10H2,1H3. The van der Waals surface area contributed by atoms with Crippen molar-refractivity contribution in [2.45, 2.75) is 6.61 Å². The van der Waals surface area contributed by atoms with Crippen molar-refractivity contribution < 1.29 is 18.7 Å². The third-order valence-electron chi connectivity index (χ3n) is 2.65. The molecule has 0 heterocycles. The van der Waals surface area contributed by atoms with Crippen LogP contribution in [-0.2, 0) is 6.61 Å². The minimum Gasteiger partial charge on any atom is -0.496 e. The summed E-state index contributed by atoms with van der Waals surface area (Å²) >= 11 is 0. The Balaban J connectivity index is 2.07. The Bertz CT molecular complexity index is 564. The van der Waals surface area contributed by atoms with Crippen molar-refractivity contribution in [3.05, 3.63) is 59.4 Å². The lowest BCUT2D eigenvalue weighted by Gasteiger charge is -2.09. The smallest absolute Gasteiger partial charge is 0.153 e. The SMILES string of the molecule is COc1cc(OCc2ccc(F)cc2)ccc1C=O. The highest BCUT2D eigenvalue weighted by Gasteiger charge is 2.04. The third-order valence-corrected chi connectivity index (χ3v) is 2.65. The van der Waals surface area contributed by atoms with E-state index in [0.29, 0.717) is 23.7 Å². The zero-order chi connectivity index (χ0) is 13.7. The van der Waals surface area contributed by atoms with Crippen LogP contribution in [0.25, 0.3) is 0 Å². The molecule has 0 saturated carbocycles. The predicted molar refractivity (Wildman–Crippen MR) is 69.1 cm³/mol. The van der Waals surface area contributed by atoms with Crippen LogP contribution >= 0.6 is 0 Å². The molecule has 0 atom stereocenters. The summed E-state index contributed by atoms with van der Waals surface area (Å²) in [5.74, 6) is 0.777. The molecule has 0 unspecified atom stereocenters. The van der Waals surface area contributed by atoms with Crippen molar-refractivity contribution in [3.63, 3.8) is 0 Å². The lowest BCUT2D eigenvalue weighted by molar-refractivity contribution is 0.112. The third kappa shape index (κ3) is 3.31. The molecule has 2 aromatic carbocycles. The van der Waals surface area contributed by atoms with Gasteiger partial charge in [-0.3, -0.25) is 4.79 Å². The highest BCUT2D eigenvalue weighted by atomic mass is 19.1. The summed E-state index contributed by atoms with van der Waals surface area (Å²) in [4.78, 5) is 10.8. The Labute approximate surface area is 110 Å². The molecule has 3 nitrogen and oxygen atoms in total. The van der Waals surface area contributed by atoms with Gasteiger partial charge < -0.3 is 9.47 Å². The highest BCUT2D eigenvalue weighted by molar-refractivity contribution is 5.79. The van der Waals surface area contributed by atoms with E-state index in [2.05, 4.69) is 0 Å². The van der Waals surface area contributed by atoms with Crippen LogP contribution in [0.4, 0.5) is 4.39 Å². The molecule has 2 rings (SSSR count). The second-order valence-electron chi connectivity index (χ2n) is 3.94. The Morgan fingerprint density at radius 3 is 2.53 bits per heavy atom. The summed E-state index contributed by atoms with van der Waals surface area (Å²) in [6.07, 6.45) is 0.725. The molecule has 0 aliphatic carbocycles. The van der Waals surface area contributed by atoms with E-state index in [1.165, 1.54) is 19.2 Å². The normalized spacial score (nSPS) is 10.0. The van der Waals surface area contributed by atoms with Crippen molar-refractivity contribution in [3.8, 4) is 11.5 Å². The average Bonchev–Trinajstić information content (AvgIpc) is 2.46. The summed E-state index contributed by atoms with van der Waals surface area (Å²) in [5, 5.41) is 0. The Morgan fingerprint density at radius 2 is 1.89 bits per heavy atom. The van der Waals surface area contributed by atoms with Gasteiger partial charge in [-0.25, -0.2) is 4.39 Å². The first-order valence-corrected chi connectivity index (χ1v) is 5.73. The Morgan fingerprint density at radius 1 is 1.16 bits per heavy atom. The number of carbonyl (C=O) groups is 1. The second-order valence-corrected chi connectivity index (χ2v) is 3.94. The summed E-state index contributed by atoms with van der Waals surface area (Å²) in [7, 11) is 1.49. The molecule has 0 N–H and O–H groups in total. The molecule has 0 aliphatic heterocycles. The minimum absolute atomic E-state index is 0.277. The van der Waals surface area contributed by atoms with Crippen LogP contribution in [0.1, 0.15) is 15.9 Å². The number of benzene rings is 2. The number of halogens is 1. The predicted octanol–water partition coefficient (Wildman–Crippen LogP) is 3.23. The van der Waals surface area contributed by atoms with Crippen LogP contribution < -0.4 is 9.47 Å². The van der Waals surface area contributed by atoms with Gasteiger partial charge in [-0.1, -0.05) is 12.1 Å². The van der Waals surface area contributed by atoms with Gasteiger partial charge in [0, 0.05) is 6.07 Å². The van der Waals surface area contributed by atoms with E-state index >= 15 is 0 Å². The van der Waals surface area contributed by atoms with Crippen LogP contribution in [0.5, 0.6) is 11.5 Å². The van der Waals surface area contributed by atoms with Crippen LogP contribution in [-0.4, -0.2) is 13.4 Å². The monoisotopic (exact) mass is 260 g/mol. The topological polar surface area (TPSA) is 35.5 Å². The number of ether oxygens (including phenoxy) is 2. The van der Waals surface area contributed by atoms with Crippen molar-refractivity contribution in [1.82, 2.24) is 0 Å². The zero-order valence-electron chi connectivity index (χ0n) is 10.4. The van der Waals surface area contributed by atoms with E-state index < -0.39 is 0 Å². The van der Waals surface area contributed by atoms with Gasteiger partial charge in [-0.2, -0.15) is 0 Å². The molecule has 0 radical (unpaired) electrons. The number of carbonyl (C=O) groups excluding carboxylic acids is 1. The summed E-state index contributed by atoms with van der Waals surface area (Å²) in [5.41, 5.74) is 1.33. The van der Waals surface area contributed by atoms with Crippen LogP contribution in [0, 0.1) is 5.82 Å². The van der Waals surface area contributed by atoms with E-state index in [4.69, 9.17) is 9.47 Å². The van der Waals surface area contributed by atoms with Crippen molar-refractivity contribution in [1.29, 1.82) is 0 Å². The first-order valence-electron chi connectivity index (χ1n) is 5.73. The number of aldehydes is 1. The molecule has 19 heavy (non-hydrogen) atoms. The molecular weight excluding hydrogens is 247 g/mol. The summed E-state index contributed by atoms with van der Waals surface area (Å²) in [6, 6.07) is 11.1. The van der Waals surface area contributed by atoms with Gasteiger partial charge in [0.1, 0.15) is 23.9 Å². The van der Waals surface area contributed by atoms with Gasteiger partial charge in [-0.15, -0.1) is 0 Å². The van der Waals surface area contributed by atoms with E-state index in [1.54, 1.807) is 30.3 Å².